The quantitative estimate of drug-likeness (QED) is 0.0370. The van der Waals surface area contributed by atoms with Crippen molar-refractivity contribution in [2.45, 2.75) is 103 Å². The van der Waals surface area contributed by atoms with E-state index in [1.807, 2.05) is 58.0 Å². The molecule has 3 heterocycles. The van der Waals surface area contributed by atoms with E-state index >= 15 is 4.57 Å². The molecule has 0 bridgehead atoms. The zero-order valence-corrected chi connectivity index (χ0v) is 33.7. The summed E-state index contributed by atoms with van der Waals surface area (Å²) in [7, 11) is -4.56. The highest BCUT2D eigenvalue weighted by Gasteiger charge is 2.53. The number of carbonyl (C=O) groups is 2. The molecule has 0 aliphatic carbocycles. The number of ether oxygens (including phenoxy) is 3. The summed E-state index contributed by atoms with van der Waals surface area (Å²) < 4.78 is 61.5. The van der Waals surface area contributed by atoms with Crippen molar-refractivity contribution < 1.29 is 41.8 Å². The van der Waals surface area contributed by atoms with Gasteiger partial charge < -0.3 is 24.5 Å². The fourth-order valence-corrected chi connectivity index (χ4v) is 8.24. The number of esters is 2. The van der Waals surface area contributed by atoms with E-state index in [2.05, 4.69) is 26.0 Å². The van der Waals surface area contributed by atoms with Crippen LogP contribution >= 0.6 is 7.75 Å². The van der Waals surface area contributed by atoms with Gasteiger partial charge in [-0.3, -0.25) is 18.7 Å². The van der Waals surface area contributed by atoms with Crippen LogP contribution in [0.2, 0.25) is 0 Å². The van der Waals surface area contributed by atoms with Crippen molar-refractivity contribution in [1.82, 2.24) is 24.6 Å². The lowest BCUT2D eigenvalue weighted by Gasteiger charge is -2.32. The Kier molecular flexibility index (Phi) is 15.2. The van der Waals surface area contributed by atoms with Gasteiger partial charge in [0.1, 0.15) is 30.7 Å². The van der Waals surface area contributed by atoms with E-state index in [4.69, 9.17) is 35.4 Å². The van der Waals surface area contributed by atoms with Crippen LogP contribution in [0.5, 0.6) is 5.75 Å². The highest BCUT2D eigenvalue weighted by atomic mass is 31.2. The first-order valence-corrected chi connectivity index (χ1v) is 21.0. The summed E-state index contributed by atoms with van der Waals surface area (Å²) in [5, 5.41) is 2.85. The fourth-order valence-electron chi connectivity index (χ4n) is 6.72. The smallest absolute Gasteiger partial charge is 0.459 e. The second-order valence-corrected chi connectivity index (χ2v) is 15.8. The van der Waals surface area contributed by atoms with Crippen LogP contribution in [0.1, 0.15) is 84.4 Å². The van der Waals surface area contributed by atoms with E-state index in [1.165, 1.54) is 10.9 Å². The van der Waals surface area contributed by atoms with Crippen LogP contribution in [0.25, 0.3) is 11.2 Å². The molecule has 0 saturated carbocycles. The third-order valence-corrected chi connectivity index (χ3v) is 11.6. The van der Waals surface area contributed by atoms with Gasteiger partial charge in [0.05, 0.1) is 18.9 Å². The molecule has 0 spiro atoms. The number of nitrogen functional groups attached to an aromatic ring is 1. The maximum Gasteiger partial charge on any atom is 0.459 e. The molecule has 1 saturated heterocycles. The van der Waals surface area contributed by atoms with Gasteiger partial charge in [0.15, 0.2) is 22.6 Å². The van der Waals surface area contributed by atoms with Gasteiger partial charge in [-0.1, -0.05) is 108 Å². The third-order valence-electron chi connectivity index (χ3n) is 10.0. The highest BCUT2D eigenvalue weighted by Crippen LogP contribution is 2.49. The van der Waals surface area contributed by atoms with Crippen LogP contribution in [0.3, 0.4) is 0 Å². The number of para-hydroxylation sites is 1. The summed E-state index contributed by atoms with van der Waals surface area (Å²) in [4.78, 5) is 39.2. The Labute approximate surface area is 333 Å². The van der Waals surface area contributed by atoms with Crippen molar-refractivity contribution in [2.75, 3.05) is 18.9 Å². The minimum Gasteiger partial charge on any atom is -0.464 e. The zero-order valence-electron chi connectivity index (χ0n) is 32.8. The number of rotatable bonds is 21. The van der Waals surface area contributed by atoms with Crippen LogP contribution < -0.4 is 15.3 Å². The maximum atomic E-state index is 15.0. The van der Waals surface area contributed by atoms with E-state index < -0.39 is 62.3 Å². The lowest BCUT2D eigenvalue weighted by molar-refractivity contribution is -0.163. The summed E-state index contributed by atoms with van der Waals surface area (Å²) >= 11 is 0. The summed E-state index contributed by atoms with van der Waals surface area (Å²) in [5.74, 6) is 1.19. The van der Waals surface area contributed by atoms with Gasteiger partial charge in [-0.15, -0.1) is 6.42 Å². The fraction of sp³-hybridized carbons (Fsp3) is 0.488. The Balaban J connectivity index is 1.51. The van der Waals surface area contributed by atoms with Gasteiger partial charge in [-0.05, 0) is 42.9 Å². The van der Waals surface area contributed by atoms with Crippen molar-refractivity contribution in [2.24, 2.45) is 11.8 Å². The summed E-state index contributed by atoms with van der Waals surface area (Å²) in [6, 6.07) is 16.3. The number of carbonyl (C=O) groups excluding carboxylic acids is 2. The molecule has 2 aromatic heterocycles. The number of imidazole rings is 1. The molecule has 14 nitrogen and oxygen atoms in total. The second kappa shape index (κ2) is 20.0. The Morgan fingerprint density at radius 1 is 1.05 bits per heavy atom. The maximum absolute atomic E-state index is 15.0. The summed E-state index contributed by atoms with van der Waals surface area (Å²) in [5.41, 5.74) is 4.97. The first kappa shape index (κ1) is 43.3. The number of nitrogens with one attached hydrogen (secondary N) is 1. The first-order chi connectivity index (χ1) is 27.5. The lowest BCUT2D eigenvalue weighted by atomic mass is 9.96. The Hall–Kier alpha value is -4.87. The predicted octanol–water partition coefficient (Wildman–Crippen LogP) is 7.35. The second-order valence-electron chi connectivity index (χ2n) is 14.1. The molecule has 1 aliphatic heterocycles. The van der Waals surface area contributed by atoms with E-state index in [1.54, 1.807) is 30.3 Å². The van der Waals surface area contributed by atoms with E-state index in [0.29, 0.717) is 12.8 Å². The van der Waals surface area contributed by atoms with Crippen LogP contribution in [0.4, 0.5) is 10.2 Å². The van der Waals surface area contributed by atoms with Crippen molar-refractivity contribution >= 4 is 36.7 Å². The number of nitrogens with two attached hydrogens (primary N) is 1. The number of aromatic nitrogens is 4. The van der Waals surface area contributed by atoms with Crippen molar-refractivity contribution in [3.05, 3.63) is 78.6 Å². The number of halogens is 1. The number of benzene rings is 2. The predicted molar refractivity (Wildman–Crippen MR) is 212 cm³/mol. The molecule has 1 fully saturated rings. The summed E-state index contributed by atoms with van der Waals surface area (Å²) in [6.07, 6.45) is 8.64. The SMILES string of the molecule is C#C[C@]1(CO[P@@](=O)(NC(Cc2ccccc2)C(=O)OCC(CC)CC)Oc2ccccc2)O[C@@H](n2cnc3c(N)nc(F)nc32)C[C@@H]1OC(=O)C(CCC)CCC. The molecular weight excluding hydrogens is 754 g/mol. The number of nitrogens with zero attached hydrogens (tertiary/aromatic N) is 4. The molecule has 16 heteroatoms. The number of hydrogen-bond donors (Lipinski definition) is 2. The minimum atomic E-state index is -4.56. The first-order valence-electron chi connectivity index (χ1n) is 19.5. The largest absolute Gasteiger partial charge is 0.464 e. The zero-order chi connectivity index (χ0) is 41.0. The van der Waals surface area contributed by atoms with E-state index in [0.717, 1.165) is 31.2 Å². The van der Waals surface area contributed by atoms with Crippen LogP contribution in [0.15, 0.2) is 67.0 Å². The molecule has 1 unspecified atom stereocenters. The average Bonchev–Trinajstić information content (AvgIpc) is 3.79. The normalized spacial score (nSPS) is 19.6. The topological polar surface area (TPSA) is 179 Å². The average molecular weight is 807 g/mol. The van der Waals surface area contributed by atoms with Gasteiger partial charge in [0.2, 0.25) is 0 Å². The molecule has 306 valence electrons. The summed E-state index contributed by atoms with van der Waals surface area (Å²) in [6.45, 7) is 7.52. The Morgan fingerprint density at radius 3 is 2.35 bits per heavy atom. The minimum absolute atomic E-state index is 0.0223. The van der Waals surface area contributed by atoms with Crippen molar-refractivity contribution in [3.8, 4) is 18.1 Å². The molecule has 4 aromatic rings. The van der Waals surface area contributed by atoms with Crippen LogP contribution in [0, 0.1) is 30.3 Å². The van der Waals surface area contributed by atoms with Gasteiger partial charge in [-0.2, -0.15) is 19.4 Å². The third kappa shape index (κ3) is 11.0. The Bertz CT molecular complexity index is 2020. The van der Waals surface area contributed by atoms with Crippen LogP contribution in [-0.4, -0.2) is 62.4 Å². The molecule has 0 radical (unpaired) electrons. The number of hydrogen-bond acceptors (Lipinski definition) is 12. The standard InChI is InChI=1S/C41H52FN6O8P/c1-6-17-30(18-7-2)38(49)54-33-24-34(48-27-44-35-36(43)45-40(42)46-37(35)48)55-41(33,10-5)26-53-57(51,56-31-21-15-12-16-22-31)47-32(23-29-19-13-11-14-20-29)39(50)52-25-28(8-3)9-4/h5,11-16,19-22,27-28,30,32-34H,6-9,17-18,23-26H2,1-4H3,(H,47,51)(H2,43,45,46)/t32?,33-,34+,41+,57-/m0/s1. The van der Waals surface area contributed by atoms with Gasteiger partial charge in [0.25, 0.3) is 0 Å². The number of fused-ring (bicyclic) bond motifs is 1. The Morgan fingerprint density at radius 2 is 1.72 bits per heavy atom. The molecule has 0 amide bonds. The molecule has 5 rings (SSSR count). The molecule has 57 heavy (non-hydrogen) atoms. The van der Waals surface area contributed by atoms with Gasteiger partial charge >= 0.3 is 25.8 Å². The molecular formula is C41H52FN6O8P. The van der Waals surface area contributed by atoms with Gasteiger partial charge in [0, 0.05) is 6.42 Å². The van der Waals surface area contributed by atoms with E-state index in [-0.39, 0.29) is 48.1 Å². The lowest BCUT2D eigenvalue weighted by Crippen LogP contribution is -2.46. The van der Waals surface area contributed by atoms with Crippen molar-refractivity contribution in [1.29, 1.82) is 0 Å². The van der Waals surface area contributed by atoms with E-state index in [9.17, 15) is 14.0 Å². The molecule has 1 aliphatic rings. The monoisotopic (exact) mass is 806 g/mol. The van der Waals surface area contributed by atoms with Crippen molar-refractivity contribution in [3.63, 3.8) is 0 Å². The number of anilines is 1. The number of terminal acetylenes is 1. The molecule has 3 N–H and O–H groups in total. The van der Waals surface area contributed by atoms with Crippen LogP contribution in [-0.2, 0) is 39.3 Å². The van der Waals surface area contributed by atoms with Gasteiger partial charge in [-0.25, -0.2) is 9.55 Å². The highest BCUT2D eigenvalue weighted by molar-refractivity contribution is 7.52. The molecule has 2 aromatic carbocycles. The molecule has 5 atom stereocenters.